The van der Waals surface area contributed by atoms with Gasteiger partial charge in [0.15, 0.2) is 0 Å². The molecule has 0 N–H and O–H groups in total. The lowest BCUT2D eigenvalue weighted by Gasteiger charge is -2.46. The summed E-state index contributed by atoms with van der Waals surface area (Å²) in [6, 6.07) is 4.68. The van der Waals surface area contributed by atoms with Gasteiger partial charge in [-0.05, 0) is 58.4 Å². The van der Waals surface area contributed by atoms with Crippen LogP contribution in [0.15, 0.2) is 18.5 Å². The monoisotopic (exact) mass is 356 g/mol. The van der Waals surface area contributed by atoms with Crippen LogP contribution in [0.1, 0.15) is 52.0 Å². The number of hydrogen-bond donors (Lipinski definition) is 0. The molecule has 2 heterocycles. The van der Waals surface area contributed by atoms with Crippen molar-refractivity contribution in [3.05, 3.63) is 24.0 Å². The normalized spacial score (nSPS) is 25.6. The van der Waals surface area contributed by atoms with Crippen LogP contribution in [0.25, 0.3) is 0 Å². The van der Waals surface area contributed by atoms with E-state index in [1.54, 1.807) is 18.5 Å². The first-order chi connectivity index (χ1) is 12.5. The molecular formula is C21H32N4O. The second-order valence-electron chi connectivity index (χ2n) is 8.66. The van der Waals surface area contributed by atoms with Crippen molar-refractivity contribution < 1.29 is 4.74 Å². The van der Waals surface area contributed by atoms with Crippen LogP contribution in [0.3, 0.4) is 0 Å². The molecule has 1 aromatic rings. The number of hydrogen-bond acceptors (Lipinski definition) is 5. The third-order valence-electron chi connectivity index (χ3n) is 5.97. The topological polar surface area (TPSA) is 52.4 Å². The summed E-state index contributed by atoms with van der Waals surface area (Å²) in [5.74, 6) is 1.27. The van der Waals surface area contributed by atoms with E-state index in [2.05, 4.69) is 41.6 Å². The van der Waals surface area contributed by atoms with Gasteiger partial charge < -0.3 is 4.74 Å². The van der Waals surface area contributed by atoms with Crippen molar-refractivity contribution in [2.24, 2.45) is 5.92 Å². The molecule has 1 aliphatic carbocycles. The summed E-state index contributed by atoms with van der Waals surface area (Å²) in [5.41, 5.74) is 0.814. The molecule has 1 saturated carbocycles. The summed E-state index contributed by atoms with van der Waals surface area (Å²) in [5, 5.41) is 9.12. The second kappa shape index (κ2) is 8.37. The Morgan fingerprint density at radius 2 is 1.85 bits per heavy atom. The Labute approximate surface area is 158 Å². The minimum Gasteiger partial charge on any atom is -0.492 e. The Morgan fingerprint density at radius 1 is 1.15 bits per heavy atom. The molecule has 0 amide bonds. The van der Waals surface area contributed by atoms with E-state index in [1.165, 1.54) is 51.9 Å². The third-order valence-corrected chi connectivity index (χ3v) is 5.97. The first-order valence-electron chi connectivity index (χ1n) is 9.93. The largest absolute Gasteiger partial charge is 0.492 e. The van der Waals surface area contributed by atoms with E-state index in [0.717, 1.165) is 6.04 Å². The zero-order valence-electron chi connectivity index (χ0n) is 16.4. The highest BCUT2D eigenvalue weighted by atomic mass is 16.5. The first-order valence-corrected chi connectivity index (χ1v) is 9.93. The highest BCUT2D eigenvalue weighted by Crippen LogP contribution is 2.30. The number of pyridine rings is 1. The van der Waals surface area contributed by atoms with Crippen molar-refractivity contribution in [2.75, 3.05) is 32.8 Å². The van der Waals surface area contributed by atoms with E-state index >= 15 is 0 Å². The fraction of sp³-hybridized carbons (Fsp3) is 0.714. The minimum absolute atomic E-state index is 0.288. The van der Waals surface area contributed by atoms with Crippen molar-refractivity contribution in [2.45, 2.75) is 58.0 Å². The Balaban J connectivity index is 1.42. The van der Waals surface area contributed by atoms with Gasteiger partial charge in [-0.25, -0.2) is 0 Å². The molecule has 0 atom stereocenters. The van der Waals surface area contributed by atoms with Crippen LogP contribution in [-0.4, -0.2) is 59.2 Å². The molecule has 2 fully saturated rings. The number of rotatable bonds is 4. The van der Waals surface area contributed by atoms with Gasteiger partial charge in [-0.1, -0.05) is 0 Å². The third kappa shape index (κ3) is 4.75. The Morgan fingerprint density at radius 3 is 2.46 bits per heavy atom. The molecule has 0 spiro atoms. The molecule has 5 heteroatoms. The van der Waals surface area contributed by atoms with E-state index in [4.69, 9.17) is 10.00 Å². The van der Waals surface area contributed by atoms with Crippen LogP contribution >= 0.6 is 0 Å². The van der Waals surface area contributed by atoms with Gasteiger partial charge in [0.05, 0.1) is 6.61 Å². The minimum atomic E-state index is 0.288. The van der Waals surface area contributed by atoms with Gasteiger partial charge in [-0.15, -0.1) is 0 Å². The second-order valence-corrected chi connectivity index (χ2v) is 8.66. The van der Waals surface area contributed by atoms with Crippen molar-refractivity contribution in [3.8, 4) is 11.8 Å². The van der Waals surface area contributed by atoms with E-state index in [1.807, 2.05) is 0 Å². The summed E-state index contributed by atoms with van der Waals surface area (Å²) in [7, 11) is 0. The molecule has 1 saturated heterocycles. The summed E-state index contributed by atoms with van der Waals surface area (Å²) in [4.78, 5) is 9.29. The molecule has 3 rings (SSSR count). The SMILES string of the molecule is CC(C)(C)N1CCN(C2CCC(COc3ccncc3C#N)CC2)CC1. The van der Waals surface area contributed by atoms with Gasteiger partial charge >= 0.3 is 0 Å². The van der Waals surface area contributed by atoms with Crippen molar-refractivity contribution in [3.63, 3.8) is 0 Å². The number of piperazine rings is 1. The molecule has 1 aromatic heterocycles. The van der Waals surface area contributed by atoms with Crippen LogP contribution in [0.4, 0.5) is 0 Å². The number of nitrogens with zero attached hydrogens (tertiary/aromatic N) is 4. The molecule has 1 aliphatic heterocycles. The molecular weight excluding hydrogens is 324 g/mol. The van der Waals surface area contributed by atoms with Crippen LogP contribution in [0, 0.1) is 17.2 Å². The van der Waals surface area contributed by atoms with Gasteiger partial charge in [0.25, 0.3) is 0 Å². The zero-order valence-corrected chi connectivity index (χ0v) is 16.4. The Bertz CT molecular complexity index is 618. The molecule has 0 unspecified atom stereocenters. The van der Waals surface area contributed by atoms with E-state index in [-0.39, 0.29) is 5.54 Å². The van der Waals surface area contributed by atoms with Gasteiger partial charge in [-0.3, -0.25) is 14.8 Å². The van der Waals surface area contributed by atoms with Gasteiger partial charge in [-0.2, -0.15) is 5.26 Å². The van der Waals surface area contributed by atoms with E-state index in [0.29, 0.717) is 23.8 Å². The molecule has 2 aliphatic rings. The van der Waals surface area contributed by atoms with Crippen LogP contribution in [0.2, 0.25) is 0 Å². The van der Waals surface area contributed by atoms with Gasteiger partial charge in [0, 0.05) is 50.2 Å². The Kier molecular flexibility index (Phi) is 6.16. The number of ether oxygens (including phenoxy) is 1. The van der Waals surface area contributed by atoms with Gasteiger partial charge in [0.1, 0.15) is 17.4 Å². The lowest BCUT2D eigenvalue weighted by atomic mass is 9.85. The lowest BCUT2D eigenvalue weighted by Crippen LogP contribution is -2.56. The molecule has 26 heavy (non-hydrogen) atoms. The van der Waals surface area contributed by atoms with E-state index in [9.17, 15) is 0 Å². The Hall–Kier alpha value is -1.64. The molecule has 5 nitrogen and oxygen atoms in total. The number of nitriles is 1. The summed E-state index contributed by atoms with van der Waals surface area (Å²) >= 11 is 0. The van der Waals surface area contributed by atoms with Crippen molar-refractivity contribution >= 4 is 0 Å². The first kappa shape index (κ1) is 19.1. The van der Waals surface area contributed by atoms with Crippen LogP contribution < -0.4 is 4.74 Å². The molecule has 0 radical (unpaired) electrons. The van der Waals surface area contributed by atoms with E-state index < -0.39 is 0 Å². The average Bonchev–Trinajstić information content (AvgIpc) is 2.66. The fourth-order valence-electron chi connectivity index (χ4n) is 4.23. The highest BCUT2D eigenvalue weighted by molar-refractivity contribution is 5.40. The maximum absolute atomic E-state index is 9.12. The maximum Gasteiger partial charge on any atom is 0.140 e. The predicted octanol–water partition coefficient (Wildman–Crippen LogP) is 3.31. The molecule has 0 bridgehead atoms. The van der Waals surface area contributed by atoms with Crippen molar-refractivity contribution in [1.82, 2.24) is 14.8 Å². The quantitative estimate of drug-likeness (QED) is 0.828. The van der Waals surface area contributed by atoms with Crippen molar-refractivity contribution in [1.29, 1.82) is 5.26 Å². The summed E-state index contributed by atoms with van der Waals surface area (Å²) in [6.07, 6.45) is 8.23. The van der Waals surface area contributed by atoms with Crippen LogP contribution in [0.5, 0.6) is 5.75 Å². The molecule has 0 aromatic carbocycles. The predicted molar refractivity (Wildman–Crippen MR) is 103 cm³/mol. The number of aromatic nitrogens is 1. The maximum atomic E-state index is 9.12. The average molecular weight is 357 g/mol. The summed E-state index contributed by atoms with van der Waals surface area (Å²) < 4.78 is 5.92. The van der Waals surface area contributed by atoms with Gasteiger partial charge in [0.2, 0.25) is 0 Å². The smallest absolute Gasteiger partial charge is 0.140 e. The lowest BCUT2D eigenvalue weighted by molar-refractivity contribution is 0.0264. The molecule has 142 valence electrons. The standard InChI is InChI=1S/C21H32N4O/c1-21(2,3)25-12-10-24(11-13-25)19-6-4-17(5-7-19)16-26-20-8-9-23-15-18(20)14-22/h8-9,15,17,19H,4-7,10-13,16H2,1-3H3. The zero-order chi connectivity index (χ0) is 18.6. The summed E-state index contributed by atoms with van der Waals surface area (Å²) in [6.45, 7) is 12.4. The fourth-order valence-corrected chi connectivity index (χ4v) is 4.23. The highest BCUT2D eigenvalue weighted by Gasteiger charge is 2.31. The van der Waals surface area contributed by atoms with Crippen LogP contribution in [-0.2, 0) is 0 Å².